The number of aromatic nitrogens is 2. The molecule has 108 valence electrons. The molecule has 0 fully saturated rings. The van der Waals surface area contributed by atoms with Gasteiger partial charge in [0.25, 0.3) is 0 Å². The summed E-state index contributed by atoms with van der Waals surface area (Å²) in [5.41, 5.74) is 1.93. The number of thiophene rings is 1. The lowest BCUT2D eigenvalue weighted by Crippen LogP contribution is -2.05. The molecule has 0 bridgehead atoms. The van der Waals surface area contributed by atoms with Gasteiger partial charge in [-0.3, -0.25) is 0 Å². The molecule has 0 saturated heterocycles. The van der Waals surface area contributed by atoms with Crippen molar-refractivity contribution in [2.45, 2.75) is 26.8 Å². The topological polar surface area (TPSA) is 51.0 Å². The molecule has 1 N–H and O–H groups in total. The van der Waals surface area contributed by atoms with Gasteiger partial charge in [0.05, 0.1) is 11.6 Å². The molecule has 1 unspecified atom stereocenters. The van der Waals surface area contributed by atoms with Gasteiger partial charge in [-0.15, -0.1) is 21.5 Å². The van der Waals surface area contributed by atoms with Crippen LogP contribution in [0, 0.1) is 13.8 Å². The number of rotatable bonds is 4. The molecule has 0 aliphatic heterocycles. The van der Waals surface area contributed by atoms with Crippen LogP contribution in [0.5, 0.6) is 0 Å². The molecule has 0 aliphatic carbocycles. The number of aryl methyl sites for hydroxylation is 2. The minimum absolute atomic E-state index is 0.230. The first kappa shape index (κ1) is 13.8. The number of hydrogen-bond donors (Lipinski definition) is 1. The molecule has 2 aromatic heterocycles. The van der Waals surface area contributed by atoms with E-state index in [1.807, 2.05) is 24.3 Å². The molecule has 0 saturated carbocycles. The lowest BCUT2D eigenvalue weighted by molar-refractivity contribution is 0.533. The van der Waals surface area contributed by atoms with Gasteiger partial charge in [-0.05, 0) is 38.1 Å². The van der Waals surface area contributed by atoms with Gasteiger partial charge < -0.3 is 9.73 Å². The maximum Gasteiger partial charge on any atom is 0.249 e. The number of nitrogens with one attached hydrogen (secondary N) is 1. The van der Waals surface area contributed by atoms with Gasteiger partial charge in [0.15, 0.2) is 0 Å². The Hall–Kier alpha value is -2.14. The van der Waals surface area contributed by atoms with E-state index in [-0.39, 0.29) is 6.04 Å². The molecule has 1 atom stereocenters. The van der Waals surface area contributed by atoms with Crippen LogP contribution in [0.25, 0.3) is 11.5 Å². The van der Waals surface area contributed by atoms with Crippen molar-refractivity contribution >= 4 is 17.0 Å². The van der Waals surface area contributed by atoms with Gasteiger partial charge in [-0.25, -0.2) is 0 Å². The molecular weight excluding hydrogens is 282 g/mol. The monoisotopic (exact) mass is 299 g/mol. The SMILES string of the molecule is Cc1nnc(-c2ccccc2NC(C)c2ccc(C)s2)o1. The summed E-state index contributed by atoms with van der Waals surface area (Å²) in [5.74, 6) is 1.12. The van der Waals surface area contributed by atoms with E-state index in [1.165, 1.54) is 9.75 Å². The fourth-order valence-electron chi connectivity index (χ4n) is 2.19. The van der Waals surface area contributed by atoms with Crippen molar-refractivity contribution in [3.8, 4) is 11.5 Å². The largest absolute Gasteiger partial charge is 0.421 e. The molecule has 0 spiro atoms. The first-order chi connectivity index (χ1) is 10.1. The van der Waals surface area contributed by atoms with E-state index in [9.17, 15) is 0 Å². The van der Waals surface area contributed by atoms with Crippen molar-refractivity contribution in [2.24, 2.45) is 0 Å². The van der Waals surface area contributed by atoms with E-state index in [0.717, 1.165) is 11.3 Å². The molecule has 0 amide bonds. The Morgan fingerprint density at radius 2 is 1.90 bits per heavy atom. The minimum atomic E-state index is 0.230. The smallest absolute Gasteiger partial charge is 0.249 e. The number of para-hydroxylation sites is 1. The van der Waals surface area contributed by atoms with Crippen LogP contribution >= 0.6 is 11.3 Å². The first-order valence-electron chi connectivity index (χ1n) is 6.86. The Labute approximate surface area is 127 Å². The van der Waals surface area contributed by atoms with Gasteiger partial charge in [-0.1, -0.05) is 12.1 Å². The standard InChI is InChI=1S/C16H17N3OS/c1-10-8-9-15(21-10)11(2)17-14-7-5-4-6-13(14)16-19-18-12(3)20-16/h4-9,11,17H,1-3H3. The van der Waals surface area contributed by atoms with E-state index >= 15 is 0 Å². The normalized spacial score (nSPS) is 12.3. The minimum Gasteiger partial charge on any atom is -0.421 e. The second kappa shape index (κ2) is 5.69. The van der Waals surface area contributed by atoms with E-state index in [1.54, 1.807) is 18.3 Å². The molecular formula is C16H17N3OS. The Morgan fingerprint density at radius 3 is 2.57 bits per heavy atom. The maximum absolute atomic E-state index is 5.54. The summed E-state index contributed by atoms with van der Waals surface area (Å²) in [5, 5.41) is 11.5. The zero-order valence-electron chi connectivity index (χ0n) is 12.3. The van der Waals surface area contributed by atoms with Gasteiger partial charge >= 0.3 is 0 Å². The maximum atomic E-state index is 5.54. The van der Waals surface area contributed by atoms with Crippen LogP contribution in [-0.4, -0.2) is 10.2 Å². The molecule has 2 heterocycles. The van der Waals surface area contributed by atoms with Crippen LogP contribution in [0.1, 0.15) is 28.6 Å². The van der Waals surface area contributed by atoms with Crippen molar-refractivity contribution in [1.82, 2.24) is 10.2 Å². The predicted molar refractivity (Wildman–Crippen MR) is 85.6 cm³/mol. The molecule has 1 aromatic carbocycles. The van der Waals surface area contributed by atoms with Crippen LogP contribution in [0.4, 0.5) is 5.69 Å². The Kier molecular flexibility index (Phi) is 3.75. The van der Waals surface area contributed by atoms with Gasteiger partial charge in [-0.2, -0.15) is 0 Å². The number of hydrogen-bond acceptors (Lipinski definition) is 5. The van der Waals surface area contributed by atoms with Gasteiger partial charge in [0.1, 0.15) is 0 Å². The van der Waals surface area contributed by atoms with Crippen molar-refractivity contribution in [2.75, 3.05) is 5.32 Å². The summed E-state index contributed by atoms with van der Waals surface area (Å²) in [6.07, 6.45) is 0. The average molecular weight is 299 g/mol. The Bertz CT molecular complexity index is 747. The van der Waals surface area contributed by atoms with Gasteiger partial charge in [0, 0.05) is 22.4 Å². The molecule has 3 aromatic rings. The summed E-state index contributed by atoms with van der Waals surface area (Å²) in [7, 11) is 0. The summed E-state index contributed by atoms with van der Waals surface area (Å²) in [6, 6.07) is 12.5. The number of anilines is 1. The summed E-state index contributed by atoms with van der Waals surface area (Å²) >= 11 is 1.81. The molecule has 0 radical (unpaired) electrons. The first-order valence-corrected chi connectivity index (χ1v) is 7.67. The fraction of sp³-hybridized carbons (Fsp3) is 0.250. The predicted octanol–water partition coefficient (Wildman–Crippen LogP) is 4.59. The Morgan fingerprint density at radius 1 is 1.10 bits per heavy atom. The van der Waals surface area contributed by atoms with Crippen molar-refractivity contribution in [3.05, 3.63) is 52.0 Å². The summed E-state index contributed by atoms with van der Waals surface area (Å²) in [4.78, 5) is 2.63. The highest BCUT2D eigenvalue weighted by atomic mass is 32.1. The zero-order valence-corrected chi connectivity index (χ0v) is 13.1. The second-order valence-electron chi connectivity index (χ2n) is 4.99. The molecule has 21 heavy (non-hydrogen) atoms. The number of benzene rings is 1. The third kappa shape index (κ3) is 2.97. The summed E-state index contributed by atoms with van der Waals surface area (Å²) in [6.45, 7) is 6.07. The van der Waals surface area contributed by atoms with E-state index in [4.69, 9.17) is 4.42 Å². The van der Waals surface area contributed by atoms with Crippen LogP contribution in [-0.2, 0) is 0 Å². The molecule has 5 heteroatoms. The molecule has 0 aliphatic rings. The molecule has 3 rings (SSSR count). The van der Waals surface area contributed by atoms with Crippen molar-refractivity contribution in [3.63, 3.8) is 0 Å². The molecule has 4 nitrogen and oxygen atoms in total. The third-order valence-corrected chi connectivity index (χ3v) is 4.43. The highest BCUT2D eigenvalue weighted by Gasteiger charge is 2.14. The van der Waals surface area contributed by atoms with E-state index in [2.05, 4.69) is 41.5 Å². The van der Waals surface area contributed by atoms with E-state index < -0.39 is 0 Å². The van der Waals surface area contributed by atoms with Crippen LogP contribution in [0.3, 0.4) is 0 Å². The fourth-order valence-corrected chi connectivity index (χ4v) is 3.07. The highest BCUT2D eigenvalue weighted by Crippen LogP contribution is 2.31. The van der Waals surface area contributed by atoms with Crippen molar-refractivity contribution < 1.29 is 4.42 Å². The van der Waals surface area contributed by atoms with Crippen LogP contribution in [0.2, 0.25) is 0 Å². The van der Waals surface area contributed by atoms with E-state index in [0.29, 0.717) is 11.8 Å². The van der Waals surface area contributed by atoms with Crippen LogP contribution in [0.15, 0.2) is 40.8 Å². The summed E-state index contributed by atoms with van der Waals surface area (Å²) < 4.78 is 5.54. The van der Waals surface area contributed by atoms with Gasteiger partial charge in [0.2, 0.25) is 11.8 Å². The zero-order chi connectivity index (χ0) is 14.8. The second-order valence-corrected chi connectivity index (χ2v) is 6.31. The quantitative estimate of drug-likeness (QED) is 0.765. The number of nitrogens with zero attached hydrogens (tertiary/aromatic N) is 2. The Balaban J connectivity index is 1.89. The lowest BCUT2D eigenvalue weighted by Gasteiger charge is -2.15. The average Bonchev–Trinajstić information content (AvgIpc) is 3.08. The van der Waals surface area contributed by atoms with Crippen molar-refractivity contribution in [1.29, 1.82) is 0 Å². The lowest BCUT2D eigenvalue weighted by atomic mass is 10.1. The highest BCUT2D eigenvalue weighted by molar-refractivity contribution is 7.12. The van der Waals surface area contributed by atoms with Crippen LogP contribution < -0.4 is 5.32 Å². The third-order valence-electron chi connectivity index (χ3n) is 3.24.